The van der Waals surface area contributed by atoms with E-state index in [-0.39, 0.29) is 5.56 Å². The lowest BCUT2D eigenvalue weighted by Crippen LogP contribution is -2.22. The fraction of sp³-hybridized carbons (Fsp3) is 0.294. The maximum absolute atomic E-state index is 12.4. The van der Waals surface area contributed by atoms with Crippen LogP contribution >= 0.6 is 0 Å². The van der Waals surface area contributed by atoms with E-state index in [4.69, 9.17) is 5.26 Å². The lowest BCUT2D eigenvalue weighted by Gasteiger charge is -2.06. The number of aryl methyl sites for hydroxylation is 1. The number of carbonyl (C=O) groups is 2. The van der Waals surface area contributed by atoms with E-state index in [1.54, 1.807) is 10.9 Å². The van der Waals surface area contributed by atoms with Crippen LogP contribution in [-0.4, -0.2) is 27.6 Å². The van der Waals surface area contributed by atoms with Gasteiger partial charge in [0.25, 0.3) is 11.7 Å². The highest BCUT2D eigenvalue weighted by Crippen LogP contribution is 2.21. The van der Waals surface area contributed by atoms with Gasteiger partial charge < -0.3 is 5.32 Å². The van der Waals surface area contributed by atoms with E-state index in [0.29, 0.717) is 18.7 Å². The maximum atomic E-state index is 12.4. The summed E-state index contributed by atoms with van der Waals surface area (Å²) in [5.41, 5.74) is 0.0236. The molecule has 0 radical (unpaired) electrons. The monoisotopic (exact) mass is 364 g/mol. The molecule has 136 valence electrons. The van der Waals surface area contributed by atoms with Crippen molar-refractivity contribution >= 4 is 17.4 Å². The predicted octanol–water partition coefficient (Wildman–Crippen LogP) is 3.57. The Balaban J connectivity index is 1.95. The van der Waals surface area contributed by atoms with E-state index >= 15 is 0 Å². The van der Waals surface area contributed by atoms with Gasteiger partial charge in [0.05, 0.1) is 18.0 Å². The maximum Gasteiger partial charge on any atom is 0.454 e. The topological polar surface area (TPSA) is 87.8 Å². The van der Waals surface area contributed by atoms with E-state index in [0.717, 1.165) is 37.1 Å². The van der Waals surface area contributed by atoms with E-state index in [1.807, 2.05) is 0 Å². The quantitative estimate of drug-likeness (QED) is 0.601. The van der Waals surface area contributed by atoms with Crippen LogP contribution in [0.2, 0.25) is 0 Å². The van der Waals surface area contributed by atoms with Crippen LogP contribution in [0.25, 0.3) is 0 Å². The summed E-state index contributed by atoms with van der Waals surface area (Å²) in [4.78, 5) is 23.2. The molecule has 1 heterocycles. The third-order valence-electron chi connectivity index (χ3n) is 3.48. The number of rotatable bonds is 7. The van der Waals surface area contributed by atoms with Gasteiger partial charge in [-0.1, -0.05) is 12.1 Å². The number of amides is 1. The summed E-state index contributed by atoms with van der Waals surface area (Å²) in [5.74, 6) is -2.48. The number of alkyl halides is 3. The Hall–Kier alpha value is -3.15. The normalized spacial score (nSPS) is 11.0. The molecule has 1 aromatic heterocycles. The molecule has 1 aromatic carbocycles. The Labute approximate surface area is 147 Å². The molecule has 1 N–H and O–H groups in total. The van der Waals surface area contributed by atoms with Crippen LogP contribution in [0.3, 0.4) is 0 Å². The summed E-state index contributed by atoms with van der Waals surface area (Å²) in [6.07, 6.45) is 0.108. The van der Waals surface area contributed by atoms with Gasteiger partial charge in [0.1, 0.15) is 0 Å². The summed E-state index contributed by atoms with van der Waals surface area (Å²) in [6, 6.07) is 6.28. The van der Waals surface area contributed by atoms with Crippen molar-refractivity contribution in [3.05, 3.63) is 47.8 Å². The molecule has 0 saturated carbocycles. The molecule has 0 bridgehead atoms. The zero-order valence-electron chi connectivity index (χ0n) is 13.6. The first-order valence-electron chi connectivity index (χ1n) is 7.73. The molecule has 9 heteroatoms. The molecule has 0 saturated heterocycles. The van der Waals surface area contributed by atoms with Crippen LogP contribution < -0.4 is 5.32 Å². The minimum Gasteiger partial charge on any atom is -0.319 e. The largest absolute Gasteiger partial charge is 0.454 e. The first kappa shape index (κ1) is 19.2. The molecular formula is C17H15F3N4O2. The summed E-state index contributed by atoms with van der Waals surface area (Å²) in [5, 5.41) is 15.1. The number of Topliss-reactive ketones (excluding diaryl/α,β-unsaturated/α-hetero) is 1. The van der Waals surface area contributed by atoms with E-state index in [1.165, 1.54) is 6.20 Å². The van der Waals surface area contributed by atoms with Gasteiger partial charge in [-0.05, 0) is 25.0 Å². The van der Waals surface area contributed by atoms with Gasteiger partial charge in [0.2, 0.25) is 0 Å². The molecule has 2 aromatic rings. The summed E-state index contributed by atoms with van der Waals surface area (Å²) < 4.78 is 38.7. The Morgan fingerprint density at radius 1 is 1.15 bits per heavy atom. The fourth-order valence-electron chi connectivity index (χ4n) is 2.17. The Morgan fingerprint density at radius 2 is 1.81 bits per heavy atom. The molecule has 0 atom stereocenters. The Morgan fingerprint density at radius 3 is 2.42 bits per heavy atom. The van der Waals surface area contributed by atoms with Gasteiger partial charge in [0.15, 0.2) is 0 Å². The van der Waals surface area contributed by atoms with E-state index in [9.17, 15) is 22.8 Å². The highest BCUT2D eigenvalue weighted by molar-refractivity contribution is 6.05. The molecular weight excluding hydrogens is 349 g/mol. The number of ketones is 1. The predicted molar refractivity (Wildman–Crippen MR) is 86.5 cm³/mol. The molecule has 2 rings (SSSR count). The first-order chi connectivity index (χ1) is 12.3. The standard InChI is InChI=1S/C17H15F3N4O2/c18-17(19,20)15(25)12-4-6-13(7-5-12)16(26)23-14-10-22-24(11-14)9-3-1-2-8-21/h4-7,10-11H,1-3,9H2,(H,23,26). The fourth-order valence-corrected chi connectivity index (χ4v) is 2.17. The number of nitrogens with one attached hydrogen (secondary N) is 1. The smallest absolute Gasteiger partial charge is 0.319 e. The molecule has 0 aliphatic heterocycles. The molecule has 0 spiro atoms. The summed E-state index contributed by atoms with van der Waals surface area (Å²) in [6.45, 7) is 0.603. The van der Waals surface area contributed by atoms with Crippen molar-refractivity contribution in [1.29, 1.82) is 5.26 Å². The minimum absolute atomic E-state index is 0.116. The number of nitrogens with zero attached hydrogens (tertiary/aromatic N) is 3. The van der Waals surface area contributed by atoms with Crippen LogP contribution in [0.5, 0.6) is 0 Å². The average Bonchev–Trinajstić information content (AvgIpc) is 3.04. The van der Waals surface area contributed by atoms with Crippen molar-refractivity contribution in [1.82, 2.24) is 9.78 Å². The average molecular weight is 364 g/mol. The molecule has 6 nitrogen and oxygen atoms in total. The van der Waals surface area contributed by atoms with Crippen molar-refractivity contribution in [2.24, 2.45) is 0 Å². The van der Waals surface area contributed by atoms with Gasteiger partial charge in [-0.2, -0.15) is 23.5 Å². The first-order valence-corrected chi connectivity index (χ1v) is 7.73. The van der Waals surface area contributed by atoms with Gasteiger partial charge in [-0.15, -0.1) is 0 Å². The Bertz CT molecular complexity index is 820. The molecule has 0 aliphatic rings. The minimum atomic E-state index is -4.95. The molecule has 0 fully saturated rings. The van der Waals surface area contributed by atoms with Crippen LogP contribution in [0.1, 0.15) is 40.0 Å². The van der Waals surface area contributed by atoms with Gasteiger partial charge in [-0.3, -0.25) is 14.3 Å². The van der Waals surface area contributed by atoms with Crippen LogP contribution in [0.15, 0.2) is 36.7 Å². The van der Waals surface area contributed by atoms with Crippen molar-refractivity contribution in [2.75, 3.05) is 5.32 Å². The van der Waals surface area contributed by atoms with Crippen molar-refractivity contribution in [3.63, 3.8) is 0 Å². The van der Waals surface area contributed by atoms with Gasteiger partial charge in [0, 0.05) is 30.3 Å². The molecule has 26 heavy (non-hydrogen) atoms. The number of unbranched alkanes of at least 4 members (excludes halogenated alkanes) is 2. The summed E-state index contributed by atoms with van der Waals surface area (Å²) in [7, 11) is 0. The number of hydrogen-bond acceptors (Lipinski definition) is 4. The summed E-state index contributed by atoms with van der Waals surface area (Å²) >= 11 is 0. The highest BCUT2D eigenvalue weighted by atomic mass is 19.4. The SMILES string of the molecule is N#CCCCCn1cc(NC(=O)c2ccc(C(=O)C(F)(F)F)cc2)cn1. The van der Waals surface area contributed by atoms with Gasteiger partial charge >= 0.3 is 6.18 Å². The second kappa shape index (κ2) is 8.29. The molecule has 0 aliphatic carbocycles. The zero-order chi connectivity index (χ0) is 19.2. The number of nitriles is 1. The zero-order valence-corrected chi connectivity index (χ0v) is 13.6. The number of hydrogen-bond donors (Lipinski definition) is 1. The third-order valence-corrected chi connectivity index (χ3v) is 3.48. The van der Waals surface area contributed by atoms with Crippen molar-refractivity contribution < 1.29 is 22.8 Å². The number of benzene rings is 1. The van der Waals surface area contributed by atoms with Crippen LogP contribution in [-0.2, 0) is 6.54 Å². The third kappa shape index (κ3) is 5.17. The van der Waals surface area contributed by atoms with Crippen molar-refractivity contribution in [3.8, 4) is 6.07 Å². The number of aromatic nitrogens is 2. The van der Waals surface area contributed by atoms with E-state index < -0.39 is 23.4 Å². The number of anilines is 1. The van der Waals surface area contributed by atoms with Crippen LogP contribution in [0, 0.1) is 11.3 Å². The lowest BCUT2D eigenvalue weighted by atomic mass is 10.1. The lowest BCUT2D eigenvalue weighted by molar-refractivity contribution is -0.0885. The molecule has 0 unspecified atom stereocenters. The Kier molecular flexibility index (Phi) is 6.11. The highest BCUT2D eigenvalue weighted by Gasteiger charge is 2.39. The second-order valence-electron chi connectivity index (χ2n) is 5.47. The number of carbonyl (C=O) groups excluding carboxylic acids is 2. The van der Waals surface area contributed by atoms with Gasteiger partial charge in [-0.25, -0.2) is 0 Å². The second-order valence-corrected chi connectivity index (χ2v) is 5.47. The number of halogens is 3. The van der Waals surface area contributed by atoms with Crippen molar-refractivity contribution in [2.45, 2.75) is 32.0 Å². The van der Waals surface area contributed by atoms with E-state index in [2.05, 4.69) is 16.5 Å². The van der Waals surface area contributed by atoms with Crippen LogP contribution in [0.4, 0.5) is 18.9 Å². The molecule has 1 amide bonds.